The zero-order valence-electron chi connectivity index (χ0n) is 12.0. The molecule has 1 aromatic heterocycles. The number of ether oxygens (including phenoxy) is 2. The minimum atomic E-state index is -3.69. The van der Waals surface area contributed by atoms with Gasteiger partial charge in [0.25, 0.3) is 10.0 Å². The fourth-order valence-corrected chi connectivity index (χ4v) is 3.01. The molecule has 7 nitrogen and oxygen atoms in total. The molecule has 114 valence electrons. The molecule has 2 N–H and O–H groups in total. The molecule has 2 aromatic rings. The number of benzene rings is 1. The summed E-state index contributed by atoms with van der Waals surface area (Å²) in [6, 6.07) is 4.83. The molecule has 1 heterocycles. The molecule has 0 fully saturated rings. The highest BCUT2D eigenvalue weighted by atomic mass is 32.2. The third-order valence-corrected chi connectivity index (χ3v) is 4.28. The van der Waals surface area contributed by atoms with E-state index in [0.717, 1.165) is 0 Å². The average Bonchev–Trinajstić information content (AvgIpc) is 2.87. The van der Waals surface area contributed by atoms with Gasteiger partial charge in [0.1, 0.15) is 4.90 Å². The van der Waals surface area contributed by atoms with Gasteiger partial charge in [-0.1, -0.05) is 0 Å². The number of rotatable bonds is 6. The number of methoxy groups -OCH3 is 1. The lowest BCUT2D eigenvalue weighted by molar-refractivity contribution is 0.311. The summed E-state index contributed by atoms with van der Waals surface area (Å²) in [6.07, 6.45) is 1.27. The minimum absolute atomic E-state index is 0.107. The van der Waals surface area contributed by atoms with Crippen molar-refractivity contribution in [3.8, 4) is 11.5 Å². The first-order chi connectivity index (χ1) is 9.97. The highest BCUT2D eigenvalue weighted by molar-refractivity contribution is 7.92. The van der Waals surface area contributed by atoms with E-state index < -0.39 is 10.0 Å². The van der Waals surface area contributed by atoms with Crippen LogP contribution in [-0.2, 0) is 10.0 Å². The summed E-state index contributed by atoms with van der Waals surface area (Å²) in [5, 5.41) is 6.31. The number of H-pyrrole nitrogens is 1. The normalized spacial score (nSPS) is 11.2. The Kier molecular flexibility index (Phi) is 4.37. The molecule has 8 heteroatoms. The fourth-order valence-electron chi connectivity index (χ4n) is 1.83. The van der Waals surface area contributed by atoms with Gasteiger partial charge in [-0.3, -0.25) is 9.82 Å². The molecule has 0 aliphatic carbocycles. The highest BCUT2D eigenvalue weighted by Gasteiger charge is 2.19. The Hall–Kier alpha value is -2.22. The fraction of sp³-hybridized carbons (Fsp3) is 0.308. The average molecular weight is 311 g/mol. The Balaban J connectivity index is 2.30. The molecule has 0 atom stereocenters. The molecule has 2 rings (SSSR count). The summed E-state index contributed by atoms with van der Waals surface area (Å²) in [4.78, 5) is 0.107. The van der Waals surface area contributed by atoms with E-state index in [0.29, 0.717) is 29.5 Å². The first-order valence-corrected chi connectivity index (χ1v) is 7.80. The van der Waals surface area contributed by atoms with Crippen molar-refractivity contribution in [3.63, 3.8) is 0 Å². The third kappa shape index (κ3) is 3.27. The predicted molar refractivity (Wildman–Crippen MR) is 78.3 cm³/mol. The molecule has 21 heavy (non-hydrogen) atoms. The topological polar surface area (TPSA) is 93.3 Å². The first kappa shape index (κ1) is 15.2. The van der Waals surface area contributed by atoms with E-state index in [2.05, 4.69) is 14.9 Å². The first-order valence-electron chi connectivity index (χ1n) is 6.31. The second kappa shape index (κ2) is 6.04. The van der Waals surface area contributed by atoms with Gasteiger partial charge < -0.3 is 9.47 Å². The van der Waals surface area contributed by atoms with Gasteiger partial charge in [-0.05, 0) is 26.0 Å². The van der Waals surface area contributed by atoms with Crippen LogP contribution in [0.2, 0.25) is 0 Å². The van der Waals surface area contributed by atoms with Gasteiger partial charge in [0.05, 0.1) is 31.3 Å². The number of nitrogens with one attached hydrogen (secondary N) is 2. The van der Waals surface area contributed by atoms with E-state index in [1.165, 1.54) is 13.3 Å². The molecule has 0 unspecified atom stereocenters. The standard InChI is InChI=1S/C13H17N3O4S/c1-4-20-11-6-5-10(7-12(11)19-3)16-21(17,18)13-8-14-15-9(13)2/h5-8,16H,4H2,1-3H3,(H,14,15). The SMILES string of the molecule is CCOc1ccc(NS(=O)(=O)c2cn[nH]c2C)cc1OC. The number of hydrogen-bond acceptors (Lipinski definition) is 5. The van der Waals surface area contributed by atoms with Crippen LogP contribution in [0.5, 0.6) is 11.5 Å². The van der Waals surface area contributed by atoms with E-state index in [4.69, 9.17) is 9.47 Å². The molecular formula is C13H17N3O4S. The van der Waals surface area contributed by atoms with Crippen LogP contribution < -0.4 is 14.2 Å². The quantitative estimate of drug-likeness (QED) is 0.850. The molecule has 0 amide bonds. The number of hydrogen-bond donors (Lipinski definition) is 2. The maximum Gasteiger partial charge on any atom is 0.265 e. The maximum absolute atomic E-state index is 12.3. The molecule has 0 saturated carbocycles. The number of nitrogens with zero attached hydrogens (tertiary/aromatic N) is 1. The number of sulfonamides is 1. The lowest BCUT2D eigenvalue weighted by Gasteiger charge is -2.12. The molecule has 1 aromatic carbocycles. The number of aryl methyl sites for hydroxylation is 1. The van der Waals surface area contributed by atoms with E-state index in [9.17, 15) is 8.42 Å². The Labute approximate surface area is 123 Å². The summed E-state index contributed by atoms with van der Waals surface area (Å²) < 4.78 is 37.6. The van der Waals surface area contributed by atoms with Gasteiger partial charge in [0.2, 0.25) is 0 Å². The van der Waals surface area contributed by atoms with Crippen molar-refractivity contribution in [1.29, 1.82) is 0 Å². The zero-order valence-corrected chi connectivity index (χ0v) is 12.8. The molecule has 0 bridgehead atoms. The van der Waals surface area contributed by atoms with E-state index >= 15 is 0 Å². The van der Waals surface area contributed by atoms with Crippen molar-refractivity contribution >= 4 is 15.7 Å². The monoisotopic (exact) mass is 311 g/mol. The van der Waals surface area contributed by atoms with Crippen LogP contribution in [0.15, 0.2) is 29.3 Å². The van der Waals surface area contributed by atoms with E-state index in [1.54, 1.807) is 25.1 Å². The smallest absolute Gasteiger partial charge is 0.265 e. The Morgan fingerprint density at radius 3 is 2.67 bits per heavy atom. The lowest BCUT2D eigenvalue weighted by atomic mass is 10.3. The summed E-state index contributed by atoms with van der Waals surface area (Å²) in [5.74, 6) is 1.02. The Bertz CT molecular complexity index is 725. The van der Waals surface area contributed by atoms with Crippen LogP contribution in [0, 0.1) is 6.92 Å². The molecule has 0 aliphatic heterocycles. The predicted octanol–water partition coefficient (Wildman–Crippen LogP) is 1.93. The van der Waals surface area contributed by atoms with Crippen LogP contribution in [0.1, 0.15) is 12.6 Å². The summed E-state index contributed by atoms with van der Waals surface area (Å²) in [6.45, 7) is 3.99. The number of anilines is 1. The van der Waals surface area contributed by atoms with Crippen molar-refractivity contribution in [2.45, 2.75) is 18.7 Å². The third-order valence-electron chi connectivity index (χ3n) is 2.79. The second-order valence-corrected chi connectivity index (χ2v) is 5.91. The summed E-state index contributed by atoms with van der Waals surface area (Å²) in [5.41, 5.74) is 0.858. The molecule has 0 aliphatic rings. The lowest BCUT2D eigenvalue weighted by Crippen LogP contribution is -2.13. The van der Waals surface area contributed by atoms with E-state index in [1.807, 2.05) is 6.92 Å². The summed E-state index contributed by atoms with van der Waals surface area (Å²) >= 11 is 0. The highest BCUT2D eigenvalue weighted by Crippen LogP contribution is 2.31. The van der Waals surface area contributed by atoms with Crippen molar-refractivity contribution < 1.29 is 17.9 Å². The molecule has 0 spiro atoms. The molecular weight excluding hydrogens is 294 g/mol. The Morgan fingerprint density at radius 2 is 2.10 bits per heavy atom. The zero-order chi connectivity index (χ0) is 15.5. The van der Waals surface area contributed by atoms with Gasteiger partial charge >= 0.3 is 0 Å². The Morgan fingerprint density at radius 1 is 1.33 bits per heavy atom. The number of aromatic nitrogens is 2. The van der Waals surface area contributed by atoms with Crippen molar-refractivity contribution in [2.24, 2.45) is 0 Å². The van der Waals surface area contributed by atoms with Crippen LogP contribution in [0.3, 0.4) is 0 Å². The summed E-state index contributed by atoms with van der Waals surface area (Å²) in [7, 11) is -2.19. The maximum atomic E-state index is 12.3. The van der Waals surface area contributed by atoms with Crippen molar-refractivity contribution in [3.05, 3.63) is 30.1 Å². The minimum Gasteiger partial charge on any atom is -0.493 e. The van der Waals surface area contributed by atoms with Crippen LogP contribution in [0.25, 0.3) is 0 Å². The van der Waals surface area contributed by atoms with Gasteiger partial charge in [-0.15, -0.1) is 0 Å². The van der Waals surface area contributed by atoms with Crippen molar-refractivity contribution in [2.75, 3.05) is 18.4 Å². The van der Waals surface area contributed by atoms with Crippen LogP contribution >= 0.6 is 0 Å². The van der Waals surface area contributed by atoms with Crippen LogP contribution in [0.4, 0.5) is 5.69 Å². The van der Waals surface area contributed by atoms with E-state index in [-0.39, 0.29) is 4.90 Å². The van der Waals surface area contributed by atoms with Gasteiger partial charge in [-0.25, -0.2) is 8.42 Å². The van der Waals surface area contributed by atoms with Crippen molar-refractivity contribution in [1.82, 2.24) is 10.2 Å². The molecule has 0 saturated heterocycles. The molecule has 0 radical (unpaired) electrons. The van der Waals surface area contributed by atoms with Gasteiger partial charge in [0.15, 0.2) is 11.5 Å². The van der Waals surface area contributed by atoms with Gasteiger partial charge in [0, 0.05) is 6.07 Å². The largest absolute Gasteiger partial charge is 0.493 e. The number of aromatic amines is 1. The second-order valence-electron chi connectivity index (χ2n) is 4.26. The van der Waals surface area contributed by atoms with Gasteiger partial charge in [-0.2, -0.15) is 5.10 Å². The van der Waals surface area contributed by atoms with Crippen LogP contribution in [-0.4, -0.2) is 32.3 Å².